The van der Waals surface area contributed by atoms with Crippen LogP contribution >= 0.6 is 11.3 Å². The number of nitrogens with zero attached hydrogens (tertiary/aromatic N) is 4. The lowest BCUT2D eigenvalue weighted by Crippen LogP contribution is -2.51. The highest BCUT2D eigenvalue weighted by Gasteiger charge is 2.33. The third kappa shape index (κ3) is 3.66. The van der Waals surface area contributed by atoms with Crippen LogP contribution in [0.25, 0.3) is 4.96 Å². The summed E-state index contributed by atoms with van der Waals surface area (Å²) in [6.45, 7) is 9.01. The van der Waals surface area contributed by atoms with E-state index in [4.69, 9.17) is 0 Å². The summed E-state index contributed by atoms with van der Waals surface area (Å²) >= 11 is 1.53. The number of thiazole rings is 1. The zero-order valence-corrected chi connectivity index (χ0v) is 19.3. The van der Waals surface area contributed by atoms with E-state index in [1.54, 1.807) is 4.90 Å². The Kier molecular flexibility index (Phi) is 5.46. The molecule has 0 bridgehead atoms. The van der Waals surface area contributed by atoms with Crippen molar-refractivity contribution >= 4 is 32.2 Å². The van der Waals surface area contributed by atoms with Gasteiger partial charge in [-0.05, 0) is 49.9 Å². The Bertz CT molecular complexity index is 1160. The van der Waals surface area contributed by atoms with Gasteiger partial charge in [0.1, 0.15) is 0 Å². The number of imidazole rings is 1. The molecule has 0 atom stereocenters. The molecule has 1 aliphatic heterocycles. The number of benzene rings is 1. The lowest BCUT2D eigenvalue weighted by molar-refractivity contribution is -0.131. The Morgan fingerprint density at radius 3 is 2.30 bits per heavy atom. The standard InChI is InChI=1S/C21H26N4O3S2/c1-14-11-15(2)17(4)20(16(14)3)30(27,28)25-7-5-23(6-8-25)19(26)12-18-13-24-9-10-29-21(24)22-18/h9-11,13H,5-8,12H2,1-4H3. The average molecular weight is 447 g/mol. The number of sulfonamides is 1. The Balaban J connectivity index is 1.46. The van der Waals surface area contributed by atoms with E-state index in [1.165, 1.54) is 15.6 Å². The van der Waals surface area contributed by atoms with Crippen LogP contribution < -0.4 is 0 Å². The molecule has 3 heterocycles. The predicted molar refractivity (Wildman–Crippen MR) is 118 cm³/mol. The molecule has 1 aliphatic rings. The molecule has 1 saturated heterocycles. The zero-order valence-electron chi connectivity index (χ0n) is 17.7. The molecule has 30 heavy (non-hydrogen) atoms. The average Bonchev–Trinajstić information content (AvgIpc) is 3.28. The van der Waals surface area contributed by atoms with Crippen LogP contribution in [0.4, 0.5) is 0 Å². The molecule has 9 heteroatoms. The van der Waals surface area contributed by atoms with Crippen LogP contribution in [0.3, 0.4) is 0 Å². The summed E-state index contributed by atoms with van der Waals surface area (Å²) in [6, 6.07) is 2.03. The number of rotatable bonds is 4. The van der Waals surface area contributed by atoms with Crippen LogP contribution in [0.15, 0.2) is 28.7 Å². The summed E-state index contributed by atoms with van der Waals surface area (Å²) in [5.41, 5.74) is 4.30. The number of aromatic nitrogens is 2. The summed E-state index contributed by atoms with van der Waals surface area (Å²) < 4.78 is 30.2. The molecule has 2 aromatic heterocycles. The summed E-state index contributed by atoms with van der Waals surface area (Å²) in [7, 11) is -3.61. The van der Waals surface area contributed by atoms with Crippen molar-refractivity contribution in [3.63, 3.8) is 0 Å². The number of carbonyl (C=O) groups is 1. The minimum atomic E-state index is -3.61. The molecule has 1 amide bonds. The van der Waals surface area contributed by atoms with Gasteiger partial charge < -0.3 is 4.90 Å². The summed E-state index contributed by atoms with van der Waals surface area (Å²) in [6.07, 6.45) is 4.02. The highest BCUT2D eigenvalue weighted by molar-refractivity contribution is 7.89. The van der Waals surface area contributed by atoms with Crippen molar-refractivity contribution in [3.05, 3.63) is 51.8 Å². The molecule has 1 fully saturated rings. The number of piperazine rings is 1. The minimum absolute atomic E-state index is 0.0171. The predicted octanol–water partition coefficient (Wildman–Crippen LogP) is 2.71. The first-order valence-electron chi connectivity index (χ1n) is 9.95. The Morgan fingerprint density at radius 2 is 1.70 bits per heavy atom. The first kappa shape index (κ1) is 21.0. The molecule has 3 aromatic rings. The third-order valence-corrected chi connectivity index (χ3v) is 8.91. The van der Waals surface area contributed by atoms with E-state index in [-0.39, 0.29) is 12.3 Å². The molecule has 0 aliphatic carbocycles. The van der Waals surface area contributed by atoms with Gasteiger partial charge in [-0.2, -0.15) is 4.31 Å². The molecule has 4 rings (SSSR count). The van der Waals surface area contributed by atoms with Crippen molar-refractivity contribution in [2.75, 3.05) is 26.2 Å². The maximum absolute atomic E-state index is 13.4. The highest BCUT2D eigenvalue weighted by Crippen LogP contribution is 2.29. The molecule has 0 N–H and O–H groups in total. The fourth-order valence-corrected chi connectivity index (χ4v) is 6.72. The van der Waals surface area contributed by atoms with Crippen molar-refractivity contribution < 1.29 is 13.2 Å². The van der Waals surface area contributed by atoms with Gasteiger partial charge in [-0.15, -0.1) is 11.3 Å². The van der Waals surface area contributed by atoms with Gasteiger partial charge in [0.2, 0.25) is 15.9 Å². The number of amides is 1. The maximum Gasteiger partial charge on any atom is 0.243 e. The largest absolute Gasteiger partial charge is 0.340 e. The van der Waals surface area contributed by atoms with Crippen LogP contribution in [0, 0.1) is 27.7 Å². The van der Waals surface area contributed by atoms with Crippen LogP contribution in [-0.4, -0.2) is 59.1 Å². The molecule has 7 nitrogen and oxygen atoms in total. The molecule has 1 aromatic carbocycles. The van der Waals surface area contributed by atoms with E-state index >= 15 is 0 Å². The van der Waals surface area contributed by atoms with E-state index in [0.717, 1.165) is 32.9 Å². The topological polar surface area (TPSA) is 75.0 Å². The zero-order chi connectivity index (χ0) is 21.6. The monoisotopic (exact) mass is 446 g/mol. The molecule has 0 unspecified atom stereocenters. The van der Waals surface area contributed by atoms with Gasteiger partial charge in [0.15, 0.2) is 4.96 Å². The van der Waals surface area contributed by atoms with Gasteiger partial charge >= 0.3 is 0 Å². The molecular formula is C21H26N4O3S2. The van der Waals surface area contributed by atoms with E-state index in [1.807, 2.05) is 55.9 Å². The van der Waals surface area contributed by atoms with Crippen molar-refractivity contribution in [2.45, 2.75) is 39.0 Å². The molecule has 160 valence electrons. The van der Waals surface area contributed by atoms with E-state index in [2.05, 4.69) is 4.98 Å². The van der Waals surface area contributed by atoms with Crippen molar-refractivity contribution in [1.29, 1.82) is 0 Å². The summed E-state index contributed by atoms with van der Waals surface area (Å²) in [5, 5.41) is 1.95. The van der Waals surface area contributed by atoms with Gasteiger partial charge in [-0.1, -0.05) is 6.07 Å². The first-order chi connectivity index (χ1) is 14.2. The Hall–Kier alpha value is -2.23. The molecule has 0 saturated carbocycles. The minimum Gasteiger partial charge on any atom is -0.340 e. The van der Waals surface area contributed by atoms with Gasteiger partial charge in [-0.3, -0.25) is 9.20 Å². The lowest BCUT2D eigenvalue weighted by Gasteiger charge is -2.34. The lowest BCUT2D eigenvalue weighted by atomic mass is 10.0. The Morgan fingerprint density at radius 1 is 1.07 bits per heavy atom. The number of hydrogen-bond donors (Lipinski definition) is 0. The Labute approximate surface area is 181 Å². The fraction of sp³-hybridized carbons (Fsp3) is 0.429. The van der Waals surface area contributed by atoms with Crippen LogP contribution in [0.2, 0.25) is 0 Å². The van der Waals surface area contributed by atoms with E-state index < -0.39 is 10.0 Å². The third-order valence-electron chi connectivity index (χ3n) is 5.96. The van der Waals surface area contributed by atoms with Crippen molar-refractivity contribution in [1.82, 2.24) is 18.6 Å². The quantitative estimate of drug-likeness (QED) is 0.618. The van der Waals surface area contributed by atoms with Crippen molar-refractivity contribution in [2.24, 2.45) is 0 Å². The van der Waals surface area contributed by atoms with Crippen LogP contribution in [0.5, 0.6) is 0 Å². The smallest absolute Gasteiger partial charge is 0.243 e. The number of fused-ring (bicyclic) bond motifs is 1. The first-order valence-corrected chi connectivity index (χ1v) is 12.3. The molecule has 0 spiro atoms. The van der Waals surface area contributed by atoms with E-state index in [0.29, 0.717) is 31.1 Å². The second-order valence-electron chi connectivity index (χ2n) is 7.88. The van der Waals surface area contributed by atoms with Crippen LogP contribution in [0.1, 0.15) is 27.9 Å². The van der Waals surface area contributed by atoms with Crippen molar-refractivity contribution in [3.8, 4) is 0 Å². The van der Waals surface area contributed by atoms with Gasteiger partial charge in [0.05, 0.1) is 17.0 Å². The SMILES string of the molecule is Cc1cc(C)c(C)c(S(=O)(=O)N2CCN(C(=O)Cc3cn4ccsc4n3)CC2)c1C. The second-order valence-corrected chi connectivity index (χ2v) is 10.6. The van der Waals surface area contributed by atoms with E-state index in [9.17, 15) is 13.2 Å². The van der Waals surface area contributed by atoms with Crippen LogP contribution in [-0.2, 0) is 21.2 Å². The highest BCUT2D eigenvalue weighted by atomic mass is 32.2. The fourth-order valence-electron chi connectivity index (χ4n) is 4.00. The molecule has 0 radical (unpaired) electrons. The number of carbonyl (C=O) groups excluding carboxylic acids is 1. The molecular weight excluding hydrogens is 420 g/mol. The van der Waals surface area contributed by atoms with Gasteiger partial charge in [0, 0.05) is 44.0 Å². The summed E-state index contributed by atoms with van der Waals surface area (Å²) in [5.74, 6) is -0.0171. The van der Waals surface area contributed by atoms with Gasteiger partial charge in [0.25, 0.3) is 0 Å². The normalized spacial score (nSPS) is 15.8. The summed E-state index contributed by atoms with van der Waals surface area (Å²) in [4.78, 5) is 20.2. The second kappa shape index (κ2) is 7.79. The van der Waals surface area contributed by atoms with Gasteiger partial charge in [-0.25, -0.2) is 13.4 Å². The number of aryl methyl sites for hydroxylation is 2. The maximum atomic E-state index is 13.4. The number of hydrogen-bond acceptors (Lipinski definition) is 5.